The fraction of sp³-hybridized carbons (Fsp3) is 0.300. The minimum absolute atomic E-state index is 0.0489. The Balaban J connectivity index is 2.54. The van der Waals surface area contributed by atoms with Crippen LogP contribution in [0.2, 0.25) is 0 Å². The number of halogens is 1. The number of sulfone groups is 1. The highest BCUT2D eigenvalue weighted by molar-refractivity contribution is 9.10. The fourth-order valence-corrected chi connectivity index (χ4v) is 1.95. The summed E-state index contributed by atoms with van der Waals surface area (Å²) in [6.07, 6.45) is 1.14. The highest BCUT2D eigenvalue weighted by Crippen LogP contribution is 2.11. The zero-order chi connectivity index (χ0) is 12.2. The molecule has 4 nitrogen and oxygen atoms in total. The van der Waals surface area contributed by atoms with E-state index >= 15 is 0 Å². The molecule has 1 aromatic rings. The summed E-state index contributed by atoms with van der Waals surface area (Å²) in [4.78, 5) is 11.6. The van der Waals surface area contributed by atoms with Gasteiger partial charge in [0.05, 0.1) is 5.75 Å². The van der Waals surface area contributed by atoms with Gasteiger partial charge in [-0.2, -0.15) is 0 Å². The first-order chi connectivity index (χ1) is 7.38. The lowest BCUT2D eigenvalue weighted by atomic mass is 10.2. The number of hydrogen-bond acceptors (Lipinski definition) is 3. The van der Waals surface area contributed by atoms with E-state index in [9.17, 15) is 13.2 Å². The lowest BCUT2D eigenvalue weighted by Gasteiger charge is -2.04. The van der Waals surface area contributed by atoms with Crippen LogP contribution >= 0.6 is 15.9 Å². The second-order valence-corrected chi connectivity index (χ2v) is 6.57. The largest absolute Gasteiger partial charge is 0.351 e. The maximum atomic E-state index is 11.6. The first-order valence-electron chi connectivity index (χ1n) is 4.60. The van der Waals surface area contributed by atoms with E-state index in [2.05, 4.69) is 21.2 Å². The average molecular weight is 306 g/mol. The molecular weight excluding hydrogens is 294 g/mol. The maximum Gasteiger partial charge on any atom is 0.251 e. The topological polar surface area (TPSA) is 63.2 Å². The van der Waals surface area contributed by atoms with Gasteiger partial charge in [-0.15, -0.1) is 0 Å². The third-order valence-corrected chi connectivity index (χ3v) is 3.28. The summed E-state index contributed by atoms with van der Waals surface area (Å²) >= 11 is 3.25. The molecule has 0 aliphatic rings. The van der Waals surface area contributed by atoms with Crippen molar-refractivity contribution in [2.75, 3.05) is 18.6 Å². The molecule has 1 N–H and O–H groups in total. The Kier molecular flexibility index (Phi) is 4.49. The molecule has 1 rings (SSSR count). The summed E-state index contributed by atoms with van der Waals surface area (Å²) in [5.74, 6) is -0.322. The first kappa shape index (κ1) is 13.2. The van der Waals surface area contributed by atoms with Crippen molar-refractivity contribution in [3.63, 3.8) is 0 Å². The van der Waals surface area contributed by atoms with Crippen molar-refractivity contribution >= 4 is 31.7 Å². The van der Waals surface area contributed by atoms with Gasteiger partial charge < -0.3 is 5.32 Å². The Labute approximate surface area is 103 Å². The molecule has 0 radical (unpaired) electrons. The monoisotopic (exact) mass is 305 g/mol. The van der Waals surface area contributed by atoms with Crippen LogP contribution in [0, 0.1) is 0 Å². The third kappa shape index (κ3) is 4.76. The number of carbonyl (C=O) groups excluding carboxylic acids is 1. The SMILES string of the molecule is CS(=O)(=O)CCNC(=O)c1cccc(Br)c1. The lowest BCUT2D eigenvalue weighted by Crippen LogP contribution is -2.28. The van der Waals surface area contributed by atoms with Gasteiger partial charge in [-0.05, 0) is 18.2 Å². The Hall–Kier alpha value is -0.880. The van der Waals surface area contributed by atoms with E-state index < -0.39 is 9.84 Å². The Morgan fingerprint density at radius 2 is 2.12 bits per heavy atom. The lowest BCUT2D eigenvalue weighted by molar-refractivity contribution is 0.0956. The van der Waals surface area contributed by atoms with Gasteiger partial charge in [0.15, 0.2) is 0 Å². The minimum atomic E-state index is -3.03. The molecule has 0 saturated carbocycles. The summed E-state index contributed by atoms with van der Waals surface area (Å²) in [7, 11) is -3.03. The number of rotatable bonds is 4. The van der Waals surface area contributed by atoms with Gasteiger partial charge in [-0.1, -0.05) is 22.0 Å². The summed E-state index contributed by atoms with van der Waals surface area (Å²) in [5, 5.41) is 2.54. The predicted molar refractivity (Wildman–Crippen MR) is 66.2 cm³/mol. The summed E-state index contributed by atoms with van der Waals surface area (Å²) in [6, 6.07) is 6.90. The van der Waals surface area contributed by atoms with Crippen LogP contribution in [0.4, 0.5) is 0 Å². The number of nitrogens with one attached hydrogen (secondary N) is 1. The van der Waals surface area contributed by atoms with Gasteiger partial charge in [0.2, 0.25) is 0 Å². The third-order valence-electron chi connectivity index (χ3n) is 1.85. The fourth-order valence-electron chi connectivity index (χ4n) is 1.08. The van der Waals surface area contributed by atoms with Crippen molar-refractivity contribution in [1.29, 1.82) is 0 Å². The number of carbonyl (C=O) groups is 1. The molecule has 0 fully saturated rings. The molecule has 0 heterocycles. The van der Waals surface area contributed by atoms with Gasteiger partial charge in [0, 0.05) is 22.8 Å². The number of benzene rings is 1. The molecule has 0 unspecified atom stereocenters. The van der Waals surface area contributed by atoms with Crippen molar-refractivity contribution in [3.8, 4) is 0 Å². The molecular formula is C10H12BrNO3S. The molecule has 6 heteroatoms. The van der Waals surface area contributed by atoms with E-state index in [1.165, 1.54) is 0 Å². The summed E-state index contributed by atoms with van der Waals surface area (Å²) in [6.45, 7) is 0.129. The standard InChI is InChI=1S/C10H12BrNO3S/c1-16(14,15)6-5-12-10(13)8-3-2-4-9(11)7-8/h2-4,7H,5-6H2,1H3,(H,12,13). The quantitative estimate of drug-likeness (QED) is 0.910. The smallest absolute Gasteiger partial charge is 0.251 e. The minimum Gasteiger partial charge on any atom is -0.351 e. The second kappa shape index (κ2) is 5.45. The van der Waals surface area contributed by atoms with E-state index in [0.29, 0.717) is 5.56 Å². The van der Waals surface area contributed by atoms with Crippen LogP contribution in [0.25, 0.3) is 0 Å². The molecule has 0 bridgehead atoms. The zero-order valence-electron chi connectivity index (χ0n) is 8.73. The average Bonchev–Trinajstić information content (AvgIpc) is 2.15. The van der Waals surface area contributed by atoms with Crippen molar-refractivity contribution in [2.24, 2.45) is 0 Å². The molecule has 0 aliphatic heterocycles. The molecule has 0 aliphatic carbocycles. The van der Waals surface area contributed by atoms with Crippen LogP contribution < -0.4 is 5.32 Å². The van der Waals surface area contributed by atoms with Crippen molar-refractivity contribution in [1.82, 2.24) is 5.32 Å². The summed E-state index contributed by atoms with van der Waals surface area (Å²) in [5.41, 5.74) is 0.503. The highest BCUT2D eigenvalue weighted by atomic mass is 79.9. The number of amides is 1. The van der Waals surface area contributed by atoms with E-state index in [-0.39, 0.29) is 18.2 Å². The first-order valence-corrected chi connectivity index (χ1v) is 7.45. The normalized spacial score (nSPS) is 11.1. The molecule has 1 aromatic carbocycles. The van der Waals surface area contributed by atoms with Crippen LogP contribution in [0.15, 0.2) is 28.7 Å². The van der Waals surface area contributed by atoms with Gasteiger partial charge in [0.1, 0.15) is 9.84 Å². The van der Waals surface area contributed by atoms with Gasteiger partial charge in [0.25, 0.3) is 5.91 Å². The van der Waals surface area contributed by atoms with Crippen molar-refractivity contribution in [3.05, 3.63) is 34.3 Å². The van der Waals surface area contributed by atoms with Crippen LogP contribution in [0.5, 0.6) is 0 Å². The molecule has 16 heavy (non-hydrogen) atoms. The van der Waals surface area contributed by atoms with E-state index in [0.717, 1.165) is 10.7 Å². The van der Waals surface area contributed by atoms with Crippen molar-refractivity contribution < 1.29 is 13.2 Å². The summed E-state index contributed by atoms with van der Waals surface area (Å²) < 4.78 is 22.5. The molecule has 1 amide bonds. The van der Waals surface area contributed by atoms with Gasteiger partial charge >= 0.3 is 0 Å². The van der Waals surface area contributed by atoms with E-state index in [1.54, 1.807) is 18.2 Å². The zero-order valence-corrected chi connectivity index (χ0v) is 11.1. The Bertz CT molecular complexity index is 485. The molecule has 0 saturated heterocycles. The molecule has 0 aromatic heterocycles. The second-order valence-electron chi connectivity index (χ2n) is 3.40. The van der Waals surface area contributed by atoms with Crippen molar-refractivity contribution in [2.45, 2.75) is 0 Å². The Morgan fingerprint density at radius 1 is 1.44 bits per heavy atom. The molecule has 0 spiro atoms. The van der Waals surface area contributed by atoms with Crippen LogP contribution in [0.3, 0.4) is 0 Å². The van der Waals surface area contributed by atoms with Crippen LogP contribution in [0.1, 0.15) is 10.4 Å². The van der Waals surface area contributed by atoms with E-state index in [1.807, 2.05) is 6.07 Å². The van der Waals surface area contributed by atoms with E-state index in [4.69, 9.17) is 0 Å². The van der Waals surface area contributed by atoms with Gasteiger partial charge in [-0.3, -0.25) is 4.79 Å². The Morgan fingerprint density at radius 3 is 2.69 bits per heavy atom. The molecule has 88 valence electrons. The molecule has 0 atom stereocenters. The van der Waals surface area contributed by atoms with Gasteiger partial charge in [-0.25, -0.2) is 8.42 Å². The van der Waals surface area contributed by atoms with Crippen LogP contribution in [-0.4, -0.2) is 32.9 Å². The highest BCUT2D eigenvalue weighted by Gasteiger charge is 2.07. The van der Waals surface area contributed by atoms with Crippen LogP contribution in [-0.2, 0) is 9.84 Å². The predicted octanol–water partition coefficient (Wildman–Crippen LogP) is 1.22. The number of hydrogen-bond donors (Lipinski definition) is 1. The maximum absolute atomic E-state index is 11.6.